The third-order valence-electron chi connectivity index (χ3n) is 6.11. The van der Waals surface area contributed by atoms with Gasteiger partial charge < -0.3 is 10.1 Å². The summed E-state index contributed by atoms with van der Waals surface area (Å²) in [4.78, 5) is 19.0. The lowest BCUT2D eigenvalue weighted by molar-refractivity contribution is 0.0866. The second-order valence-electron chi connectivity index (χ2n) is 8.53. The summed E-state index contributed by atoms with van der Waals surface area (Å²) in [6.45, 7) is 3.54. The average molecular weight is 540 g/mol. The van der Waals surface area contributed by atoms with E-state index in [-0.39, 0.29) is 28.7 Å². The molecule has 3 heterocycles. The van der Waals surface area contributed by atoms with Crippen molar-refractivity contribution in [2.45, 2.75) is 32.2 Å². The number of hydrogen-bond acceptors (Lipinski definition) is 7. The van der Waals surface area contributed by atoms with Gasteiger partial charge >= 0.3 is 0 Å². The molecule has 7 nitrogen and oxygen atoms in total. The molecule has 0 aliphatic carbocycles. The highest BCUT2D eigenvalue weighted by molar-refractivity contribution is 7.09. The number of aromatic nitrogens is 3. The average Bonchev–Trinajstić information content (AvgIpc) is 3.34. The number of hydrogen-bond donors (Lipinski definition) is 1. The topological polar surface area (TPSA) is 80.2 Å². The third kappa shape index (κ3) is 6.32. The number of thiazole rings is 1. The Balaban J connectivity index is 1.43. The number of nitrogens with zero attached hydrogens (tertiary/aromatic N) is 4. The number of halogens is 4. The molecule has 0 saturated carbocycles. The number of piperidine rings is 1. The van der Waals surface area contributed by atoms with Gasteiger partial charge in [-0.05, 0) is 57.0 Å². The molecule has 1 N–H and O–H groups in total. The van der Waals surface area contributed by atoms with Crippen molar-refractivity contribution in [3.63, 3.8) is 0 Å². The van der Waals surface area contributed by atoms with Gasteiger partial charge in [-0.15, -0.1) is 16.4 Å². The monoisotopic (exact) mass is 539 g/mol. The van der Waals surface area contributed by atoms with Gasteiger partial charge in [-0.3, -0.25) is 9.69 Å². The third-order valence-corrected chi connectivity index (χ3v) is 7.37. The maximum absolute atomic E-state index is 14.2. The summed E-state index contributed by atoms with van der Waals surface area (Å²) in [6.07, 6.45) is -1.20. The largest absolute Gasteiger partial charge is 0.476 e. The van der Waals surface area contributed by atoms with Crippen LogP contribution < -0.4 is 10.1 Å². The molecule has 0 bridgehead atoms. The van der Waals surface area contributed by atoms with Crippen LogP contribution in [0.2, 0.25) is 5.02 Å². The molecular weight excluding hydrogens is 515 g/mol. The highest BCUT2D eigenvalue weighted by Gasteiger charge is 2.32. The van der Waals surface area contributed by atoms with Gasteiger partial charge in [-0.1, -0.05) is 17.7 Å². The molecule has 0 radical (unpaired) electrons. The predicted molar refractivity (Wildman–Crippen MR) is 130 cm³/mol. The number of likely N-dealkylation sites (tertiary alicyclic amines) is 1. The summed E-state index contributed by atoms with van der Waals surface area (Å²) in [5.41, 5.74) is 1.61. The van der Waals surface area contributed by atoms with Crippen molar-refractivity contribution in [2.24, 2.45) is 5.92 Å². The molecule has 1 aliphatic rings. The quantitative estimate of drug-likeness (QED) is 0.401. The summed E-state index contributed by atoms with van der Waals surface area (Å²) in [6, 6.07) is 7.03. The van der Waals surface area contributed by atoms with E-state index in [0.717, 1.165) is 35.9 Å². The standard InChI is InChI=1S/C24H25ClF3N5O2S/c1-14-5-6-19(32-31-14)35-12-15-7-9-33(10-8-15)18(22-21(23(27)28)30-13-36-22)11-29-24(34)20-16(25)3-2-4-17(20)26/h2-6,13,15,18,23H,7-12H2,1H3,(H,29,34). The second-order valence-corrected chi connectivity index (χ2v) is 9.82. The number of benzene rings is 1. The number of amides is 1. The minimum absolute atomic E-state index is 0.00549. The van der Waals surface area contributed by atoms with E-state index in [1.165, 1.54) is 17.6 Å². The number of rotatable bonds is 9. The van der Waals surface area contributed by atoms with Gasteiger partial charge in [-0.2, -0.15) is 5.10 Å². The van der Waals surface area contributed by atoms with Crippen molar-refractivity contribution in [2.75, 3.05) is 26.2 Å². The van der Waals surface area contributed by atoms with Crippen LogP contribution >= 0.6 is 22.9 Å². The minimum atomic E-state index is -2.74. The van der Waals surface area contributed by atoms with E-state index >= 15 is 0 Å². The Bertz CT molecular complexity index is 1150. The van der Waals surface area contributed by atoms with E-state index in [1.54, 1.807) is 6.07 Å². The normalized spacial score (nSPS) is 15.7. The van der Waals surface area contributed by atoms with Gasteiger partial charge in [-0.25, -0.2) is 18.2 Å². The zero-order valence-corrected chi connectivity index (χ0v) is 21.0. The molecule has 1 aliphatic heterocycles. The van der Waals surface area contributed by atoms with Crippen LogP contribution in [0.3, 0.4) is 0 Å². The van der Waals surface area contributed by atoms with E-state index < -0.39 is 24.2 Å². The molecule has 12 heteroatoms. The van der Waals surface area contributed by atoms with Crippen LogP contribution in [0, 0.1) is 18.7 Å². The highest BCUT2D eigenvalue weighted by atomic mass is 35.5. The van der Waals surface area contributed by atoms with Crippen molar-refractivity contribution in [3.8, 4) is 5.88 Å². The maximum Gasteiger partial charge on any atom is 0.281 e. The zero-order valence-electron chi connectivity index (χ0n) is 19.5. The van der Waals surface area contributed by atoms with Gasteiger partial charge in [0.05, 0.1) is 39.3 Å². The van der Waals surface area contributed by atoms with Crippen molar-refractivity contribution < 1.29 is 22.7 Å². The molecule has 1 atom stereocenters. The number of nitrogens with one attached hydrogen (secondary N) is 1. The van der Waals surface area contributed by atoms with Crippen molar-refractivity contribution in [1.29, 1.82) is 0 Å². The molecular formula is C24H25ClF3N5O2S. The van der Waals surface area contributed by atoms with E-state index in [2.05, 4.69) is 20.5 Å². The minimum Gasteiger partial charge on any atom is -0.476 e. The number of carbonyl (C=O) groups excluding carboxylic acids is 1. The van der Waals surface area contributed by atoms with Crippen LogP contribution in [-0.4, -0.2) is 52.2 Å². The fourth-order valence-corrected chi connectivity index (χ4v) is 5.34. The second kappa shape index (κ2) is 12.0. The van der Waals surface area contributed by atoms with Crippen LogP contribution in [0.4, 0.5) is 13.2 Å². The first kappa shape index (κ1) is 26.3. The van der Waals surface area contributed by atoms with Gasteiger partial charge in [0.25, 0.3) is 12.3 Å². The first-order chi connectivity index (χ1) is 17.3. The smallest absolute Gasteiger partial charge is 0.281 e. The molecule has 1 fully saturated rings. The number of ether oxygens (including phenoxy) is 1. The number of carbonyl (C=O) groups is 1. The lowest BCUT2D eigenvalue weighted by Gasteiger charge is -2.37. The summed E-state index contributed by atoms with van der Waals surface area (Å²) in [5.74, 6) is -0.732. The zero-order chi connectivity index (χ0) is 25.7. The van der Waals surface area contributed by atoms with Crippen LogP contribution in [-0.2, 0) is 0 Å². The van der Waals surface area contributed by atoms with Crippen LogP contribution in [0.15, 0.2) is 35.8 Å². The summed E-state index contributed by atoms with van der Waals surface area (Å²) in [5, 5.41) is 10.7. The Hall–Kier alpha value is -2.76. The summed E-state index contributed by atoms with van der Waals surface area (Å²) in [7, 11) is 0. The summed E-state index contributed by atoms with van der Waals surface area (Å²) < 4.78 is 47.3. The van der Waals surface area contributed by atoms with Crippen LogP contribution in [0.5, 0.6) is 5.88 Å². The molecule has 1 unspecified atom stereocenters. The predicted octanol–water partition coefficient (Wildman–Crippen LogP) is 5.23. The van der Waals surface area contributed by atoms with Gasteiger partial charge in [0, 0.05) is 12.6 Å². The molecule has 192 valence electrons. The van der Waals surface area contributed by atoms with Crippen LogP contribution in [0.25, 0.3) is 0 Å². The Morgan fingerprint density at radius 2 is 2.03 bits per heavy atom. The molecule has 0 spiro atoms. The molecule has 36 heavy (non-hydrogen) atoms. The van der Waals surface area contributed by atoms with Crippen molar-refractivity contribution >= 4 is 28.8 Å². The molecule has 3 aromatic rings. The highest BCUT2D eigenvalue weighted by Crippen LogP contribution is 2.35. The Kier molecular flexibility index (Phi) is 8.76. The van der Waals surface area contributed by atoms with E-state index in [1.807, 2.05) is 17.9 Å². The number of alkyl halides is 2. The Morgan fingerprint density at radius 1 is 1.25 bits per heavy atom. The molecule has 2 aromatic heterocycles. The van der Waals surface area contributed by atoms with Crippen molar-refractivity contribution in [1.82, 2.24) is 25.4 Å². The molecule has 1 saturated heterocycles. The van der Waals surface area contributed by atoms with Gasteiger partial charge in [0.2, 0.25) is 5.88 Å². The first-order valence-electron chi connectivity index (χ1n) is 11.4. The van der Waals surface area contributed by atoms with Gasteiger partial charge in [0.15, 0.2) is 0 Å². The maximum atomic E-state index is 14.2. The van der Waals surface area contributed by atoms with Gasteiger partial charge in [0.1, 0.15) is 11.5 Å². The van der Waals surface area contributed by atoms with Crippen LogP contribution in [0.1, 0.15) is 51.9 Å². The lowest BCUT2D eigenvalue weighted by atomic mass is 9.96. The SMILES string of the molecule is Cc1ccc(OCC2CCN(C(CNC(=O)c3c(F)cccc3Cl)c3scnc3C(F)F)CC2)nn1. The first-order valence-corrected chi connectivity index (χ1v) is 12.7. The fourth-order valence-electron chi connectivity index (χ4n) is 4.16. The molecule has 1 aromatic carbocycles. The number of aryl methyl sites for hydroxylation is 1. The fraction of sp³-hybridized carbons (Fsp3) is 0.417. The van der Waals surface area contributed by atoms with E-state index in [0.29, 0.717) is 30.5 Å². The Morgan fingerprint density at radius 3 is 2.69 bits per heavy atom. The molecule has 4 rings (SSSR count). The summed E-state index contributed by atoms with van der Waals surface area (Å²) >= 11 is 7.13. The van der Waals surface area contributed by atoms with E-state index in [9.17, 15) is 18.0 Å². The van der Waals surface area contributed by atoms with Crippen molar-refractivity contribution in [3.05, 3.63) is 68.5 Å². The Labute approximate surface area is 215 Å². The lowest BCUT2D eigenvalue weighted by Crippen LogP contribution is -2.43. The molecule has 1 amide bonds. The van der Waals surface area contributed by atoms with E-state index in [4.69, 9.17) is 16.3 Å².